The summed E-state index contributed by atoms with van der Waals surface area (Å²) in [6.45, 7) is 2.02. The average molecular weight is 255 g/mol. The van der Waals surface area contributed by atoms with E-state index in [2.05, 4.69) is 17.0 Å². The first-order valence-electron chi connectivity index (χ1n) is 6.66. The molecule has 3 nitrogen and oxygen atoms in total. The van der Waals surface area contributed by atoms with E-state index < -0.39 is 0 Å². The van der Waals surface area contributed by atoms with Crippen molar-refractivity contribution in [1.82, 2.24) is 0 Å². The lowest BCUT2D eigenvalue weighted by molar-refractivity contribution is 0.0601. The molecular weight excluding hydrogens is 238 g/mol. The van der Waals surface area contributed by atoms with Gasteiger partial charge in [0.2, 0.25) is 0 Å². The molecule has 1 fully saturated rings. The summed E-state index contributed by atoms with van der Waals surface area (Å²) >= 11 is 0. The van der Waals surface area contributed by atoms with Crippen molar-refractivity contribution in [2.75, 3.05) is 25.1 Å². The molecular formula is C16H17NO2. The van der Waals surface area contributed by atoms with E-state index in [1.165, 1.54) is 20.0 Å². The number of carbonyl (C=O) groups excluding carboxylic acids is 1. The van der Waals surface area contributed by atoms with E-state index in [-0.39, 0.29) is 5.97 Å². The van der Waals surface area contributed by atoms with Crippen LogP contribution in [0.4, 0.5) is 5.69 Å². The number of benzene rings is 2. The van der Waals surface area contributed by atoms with Crippen LogP contribution in [0.25, 0.3) is 10.8 Å². The molecule has 0 aliphatic carbocycles. The zero-order valence-electron chi connectivity index (χ0n) is 11.1. The second-order valence-electron chi connectivity index (χ2n) is 4.87. The molecule has 19 heavy (non-hydrogen) atoms. The van der Waals surface area contributed by atoms with Crippen LogP contribution >= 0.6 is 0 Å². The molecule has 0 aromatic heterocycles. The highest BCUT2D eigenvalue weighted by Gasteiger charge is 2.22. The molecule has 0 spiro atoms. The van der Waals surface area contributed by atoms with Crippen LogP contribution in [0, 0.1) is 0 Å². The van der Waals surface area contributed by atoms with Crippen LogP contribution in [0.3, 0.4) is 0 Å². The lowest BCUT2D eigenvalue weighted by atomic mass is 10.0. The maximum Gasteiger partial charge on any atom is 0.339 e. The van der Waals surface area contributed by atoms with Crippen LogP contribution in [-0.2, 0) is 4.74 Å². The number of ether oxygens (including phenoxy) is 1. The molecule has 1 aliphatic heterocycles. The number of fused-ring (bicyclic) bond motifs is 1. The van der Waals surface area contributed by atoms with Gasteiger partial charge >= 0.3 is 5.97 Å². The number of hydrogen-bond donors (Lipinski definition) is 0. The molecule has 1 saturated heterocycles. The van der Waals surface area contributed by atoms with Crippen LogP contribution in [0.5, 0.6) is 0 Å². The molecule has 98 valence electrons. The third-order valence-corrected chi connectivity index (χ3v) is 3.73. The van der Waals surface area contributed by atoms with Gasteiger partial charge < -0.3 is 9.64 Å². The number of anilines is 1. The van der Waals surface area contributed by atoms with Crippen LogP contribution in [-0.4, -0.2) is 26.2 Å². The molecule has 1 aliphatic rings. The van der Waals surface area contributed by atoms with Crippen molar-refractivity contribution < 1.29 is 9.53 Å². The van der Waals surface area contributed by atoms with E-state index in [4.69, 9.17) is 4.74 Å². The first-order chi connectivity index (χ1) is 9.31. The molecule has 1 heterocycles. The molecule has 0 bridgehead atoms. The topological polar surface area (TPSA) is 29.5 Å². The highest BCUT2D eigenvalue weighted by Crippen LogP contribution is 2.33. The van der Waals surface area contributed by atoms with E-state index in [1.807, 2.05) is 24.3 Å². The van der Waals surface area contributed by atoms with E-state index in [0.29, 0.717) is 5.56 Å². The zero-order chi connectivity index (χ0) is 13.2. The standard InChI is InChI=1S/C16H17NO2/c1-19-16(18)14-9-8-12-6-2-3-7-13(12)15(14)17-10-4-5-11-17/h2-3,6-9H,4-5,10-11H2,1H3. The Labute approximate surface area is 112 Å². The summed E-state index contributed by atoms with van der Waals surface area (Å²) in [6.07, 6.45) is 2.37. The number of rotatable bonds is 2. The van der Waals surface area contributed by atoms with Gasteiger partial charge in [0.15, 0.2) is 0 Å². The molecule has 0 unspecified atom stereocenters. The fourth-order valence-electron chi connectivity index (χ4n) is 2.81. The summed E-state index contributed by atoms with van der Waals surface area (Å²) in [7, 11) is 1.44. The third-order valence-electron chi connectivity index (χ3n) is 3.73. The summed E-state index contributed by atoms with van der Waals surface area (Å²) in [5.41, 5.74) is 1.70. The maximum absolute atomic E-state index is 12.0. The summed E-state index contributed by atoms with van der Waals surface area (Å²) in [5.74, 6) is -0.257. The van der Waals surface area contributed by atoms with E-state index in [1.54, 1.807) is 0 Å². The summed E-state index contributed by atoms with van der Waals surface area (Å²) < 4.78 is 4.92. The number of hydrogen-bond acceptors (Lipinski definition) is 3. The number of esters is 1. The molecule has 3 rings (SSSR count). The predicted octanol–water partition coefficient (Wildman–Crippen LogP) is 3.23. The highest BCUT2D eigenvalue weighted by molar-refractivity contribution is 6.06. The van der Waals surface area contributed by atoms with Crippen molar-refractivity contribution in [2.45, 2.75) is 12.8 Å². The predicted molar refractivity (Wildman–Crippen MR) is 76.7 cm³/mol. The lowest BCUT2D eigenvalue weighted by Crippen LogP contribution is -2.21. The Hall–Kier alpha value is -2.03. The average Bonchev–Trinajstić information content (AvgIpc) is 2.99. The molecule has 0 N–H and O–H groups in total. The fraction of sp³-hybridized carbons (Fsp3) is 0.312. The normalized spacial score (nSPS) is 14.9. The monoisotopic (exact) mass is 255 g/mol. The Morgan fingerprint density at radius 1 is 1.11 bits per heavy atom. The minimum Gasteiger partial charge on any atom is -0.465 e. The largest absolute Gasteiger partial charge is 0.465 e. The quantitative estimate of drug-likeness (QED) is 0.772. The molecule has 3 heteroatoms. The molecule has 0 amide bonds. The van der Waals surface area contributed by atoms with Gasteiger partial charge in [-0.2, -0.15) is 0 Å². The Morgan fingerprint density at radius 3 is 2.58 bits per heavy atom. The Kier molecular flexibility index (Phi) is 3.11. The van der Waals surface area contributed by atoms with Crippen molar-refractivity contribution in [3.8, 4) is 0 Å². The highest BCUT2D eigenvalue weighted by atomic mass is 16.5. The molecule has 0 radical (unpaired) electrons. The zero-order valence-corrected chi connectivity index (χ0v) is 11.1. The smallest absolute Gasteiger partial charge is 0.339 e. The van der Waals surface area contributed by atoms with Gasteiger partial charge in [-0.05, 0) is 24.3 Å². The van der Waals surface area contributed by atoms with Gasteiger partial charge in [0.05, 0.1) is 18.4 Å². The van der Waals surface area contributed by atoms with Gasteiger partial charge in [-0.1, -0.05) is 30.3 Å². The van der Waals surface area contributed by atoms with Gasteiger partial charge in [0.25, 0.3) is 0 Å². The lowest BCUT2D eigenvalue weighted by Gasteiger charge is -2.22. The van der Waals surface area contributed by atoms with Crippen LogP contribution in [0.1, 0.15) is 23.2 Å². The minimum atomic E-state index is -0.257. The van der Waals surface area contributed by atoms with E-state index >= 15 is 0 Å². The first-order valence-corrected chi connectivity index (χ1v) is 6.66. The van der Waals surface area contributed by atoms with Crippen LogP contribution in [0.2, 0.25) is 0 Å². The van der Waals surface area contributed by atoms with Gasteiger partial charge in [0, 0.05) is 18.5 Å². The number of carbonyl (C=O) groups is 1. The molecule has 2 aromatic rings. The number of methoxy groups -OCH3 is 1. The SMILES string of the molecule is COC(=O)c1ccc2ccccc2c1N1CCCC1. The van der Waals surface area contributed by atoms with Crippen molar-refractivity contribution in [1.29, 1.82) is 0 Å². The van der Waals surface area contributed by atoms with E-state index in [0.717, 1.165) is 29.5 Å². The van der Waals surface area contributed by atoms with Crippen molar-refractivity contribution in [3.05, 3.63) is 42.0 Å². The molecule has 0 saturated carbocycles. The summed E-state index contributed by atoms with van der Waals surface area (Å²) in [5, 5.41) is 2.30. The second kappa shape index (κ2) is 4.92. The second-order valence-corrected chi connectivity index (χ2v) is 4.87. The number of nitrogens with zero attached hydrogens (tertiary/aromatic N) is 1. The van der Waals surface area contributed by atoms with Crippen molar-refractivity contribution in [2.24, 2.45) is 0 Å². The van der Waals surface area contributed by atoms with Crippen LogP contribution in [0.15, 0.2) is 36.4 Å². The minimum absolute atomic E-state index is 0.257. The maximum atomic E-state index is 12.0. The Balaban J connectivity index is 2.24. The fourth-order valence-corrected chi connectivity index (χ4v) is 2.81. The van der Waals surface area contributed by atoms with E-state index in [9.17, 15) is 4.79 Å². The Morgan fingerprint density at radius 2 is 1.84 bits per heavy atom. The molecule has 2 aromatic carbocycles. The van der Waals surface area contributed by atoms with Crippen molar-refractivity contribution in [3.63, 3.8) is 0 Å². The summed E-state index contributed by atoms with van der Waals surface area (Å²) in [6, 6.07) is 12.1. The van der Waals surface area contributed by atoms with Gasteiger partial charge in [0.1, 0.15) is 0 Å². The first kappa shape index (κ1) is 12.0. The van der Waals surface area contributed by atoms with Gasteiger partial charge in [-0.3, -0.25) is 0 Å². The Bertz CT molecular complexity index is 615. The third kappa shape index (κ3) is 2.05. The summed E-state index contributed by atoms with van der Waals surface area (Å²) in [4.78, 5) is 14.3. The van der Waals surface area contributed by atoms with Crippen LogP contribution < -0.4 is 4.90 Å². The molecule has 0 atom stereocenters. The van der Waals surface area contributed by atoms with Gasteiger partial charge in [-0.25, -0.2) is 4.79 Å². The van der Waals surface area contributed by atoms with Crippen molar-refractivity contribution >= 4 is 22.4 Å². The van der Waals surface area contributed by atoms with Gasteiger partial charge in [-0.15, -0.1) is 0 Å².